The summed E-state index contributed by atoms with van der Waals surface area (Å²) in [4.78, 5) is 22.4. The molecule has 0 amide bonds. The minimum atomic E-state index is -1.04. The first-order valence-corrected chi connectivity index (χ1v) is 15.6. The average Bonchev–Trinajstić information content (AvgIpc) is 3.30. The van der Waals surface area contributed by atoms with Crippen molar-refractivity contribution in [2.45, 2.75) is 94.8 Å². The molecule has 7 heteroatoms. The zero-order valence-corrected chi connectivity index (χ0v) is 23.9. The molecule has 0 saturated heterocycles. The van der Waals surface area contributed by atoms with Crippen LogP contribution in [0, 0.1) is 23.6 Å². The number of thioether (sulfide) groups is 1. The third-order valence-corrected chi connectivity index (χ3v) is 10.2. The number of nitrogens with zero attached hydrogens (tertiary/aromatic N) is 3. The van der Waals surface area contributed by atoms with Crippen LogP contribution in [0.2, 0.25) is 0 Å². The minimum Gasteiger partial charge on any atom is -0.479 e. The second-order valence-corrected chi connectivity index (χ2v) is 12.9. The normalized spacial score (nSPS) is 30.5. The van der Waals surface area contributed by atoms with Gasteiger partial charge in [0.2, 0.25) is 0 Å². The molecule has 1 heterocycles. The maximum atomic E-state index is 13.6. The summed E-state index contributed by atoms with van der Waals surface area (Å²) in [6.07, 6.45) is 15.0. The van der Waals surface area contributed by atoms with Crippen molar-refractivity contribution in [3.05, 3.63) is 35.6 Å². The number of aliphatic carboxylic acids is 1. The number of aliphatic imine (C=N–C) groups is 1. The van der Waals surface area contributed by atoms with Gasteiger partial charge in [-0.1, -0.05) is 38.3 Å². The van der Waals surface area contributed by atoms with Crippen LogP contribution in [0.4, 0.5) is 4.39 Å². The van der Waals surface area contributed by atoms with Gasteiger partial charge in [0.15, 0.2) is 5.54 Å². The molecule has 1 N–H and O–H groups in total. The minimum absolute atomic E-state index is 0.0801. The van der Waals surface area contributed by atoms with E-state index in [1.165, 1.54) is 24.8 Å². The van der Waals surface area contributed by atoms with Gasteiger partial charge in [-0.3, -0.25) is 4.99 Å². The molecule has 4 rings (SSSR count). The molecule has 1 aromatic carbocycles. The number of carbonyl (C=O) groups is 1. The number of hydrogen-bond acceptors (Lipinski definition) is 5. The van der Waals surface area contributed by atoms with Gasteiger partial charge < -0.3 is 14.9 Å². The van der Waals surface area contributed by atoms with Gasteiger partial charge in [-0.25, -0.2) is 9.18 Å². The average molecular weight is 532 g/mol. The van der Waals surface area contributed by atoms with Crippen molar-refractivity contribution >= 4 is 24.1 Å². The molecule has 0 spiro atoms. The highest BCUT2D eigenvalue weighted by atomic mass is 32.2. The topological polar surface area (TPSA) is 56.1 Å². The molecule has 2 saturated carbocycles. The number of benzene rings is 1. The summed E-state index contributed by atoms with van der Waals surface area (Å²) < 4.78 is 13.6. The molecule has 4 atom stereocenters. The van der Waals surface area contributed by atoms with Gasteiger partial charge in [0.25, 0.3) is 0 Å². The van der Waals surface area contributed by atoms with E-state index in [-0.39, 0.29) is 23.8 Å². The predicted octanol–water partition coefficient (Wildman–Crippen LogP) is 6.49. The third-order valence-electron chi connectivity index (χ3n) is 9.56. The fourth-order valence-corrected chi connectivity index (χ4v) is 8.14. The molecule has 1 aromatic rings. The van der Waals surface area contributed by atoms with Crippen LogP contribution in [0.25, 0.3) is 0 Å². The maximum absolute atomic E-state index is 13.6. The number of rotatable bonds is 10. The van der Waals surface area contributed by atoms with Crippen molar-refractivity contribution in [1.29, 1.82) is 0 Å². The van der Waals surface area contributed by atoms with Crippen LogP contribution in [-0.2, 0) is 4.79 Å². The molecular weight excluding hydrogens is 485 g/mol. The third kappa shape index (κ3) is 6.03. The lowest BCUT2D eigenvalue weighted by Crippen LogP contribution is -2.58. The Morgan fingerprint density at radius 1 is 1.11 bits per heavy atom. The standard InChI is InChI=1S/C30H46FN3O2S/c1-21(22-10-12-23(13-11-22)27(33(2)3)24-14-16-25(31)17-15-24)28-30(29(35)36,18-19-37-4)32-20-34(28)26-8-6-5-7-9-26/h14-17,20-23,26-28H,5-13,18-19H2,1-4H3,(H,35,36). The van der Waals surface area contributed by atoms with E-state index in [9.17, 15) is 14.3 Å². The maximum Gasteiger partial charge on any atom is 0.333 e. The number of carboxylic acids is 1. The molecule has 3 aliphatic rings. The van der Waals surface area contributed by atoms with E-state index in [0.29, 0.717) is 24.3 Å². The molecular formula is C30H46FN3O2S. The molecule has 1 aliphatic heterocycles. The van der Waals surface area contributed by atoms with E-state index >= 15 is 0 Å². The van der Waals surface area contributed by atoms with Crippen molar-refractivity contribution in [3.63, 3.8) is 0 Å². The summed E-state index contributed by atoms with van der Waals surface area (Å²) in [5.74, 6) is 1.11. The van der Waals surface area contributed by atoms with Gasteiger partial charge in [0.1, 0.15) is 5.82 Å². The van der Waals surface area contributed by atoms with Gasteiger partial charge in [0, 0.05) is 12.1 Å². The summed E-state index contributed by atoms with van der Waals surface area (Å²) >= 11 is 1.71. The summed E-state index contributed by atoms with van der Waals surface area (Å²) in [5, 5.41) is 10.6. The molecule has 37 heavy (non-hydrogen) atoms. The van der Waals surface area contributed by atoms with Crippen LogP contribution in [0.1, 0.15) is 82.7 Å². The zero-order valence-electron chi connectivity index (χ0n) is 23.1. The molecule has 0 radical (unpaired) electrons. The monoisotopic (exact) mass is 531 g/mol. The summed E-state index contributed by atoms with van der Waals surface area (Å²) in [6, 6.07) is 7.60. The van der Waals surface area contributed by atoms with Gasteiger partial charge in [-0.15, -0.1) is 0 Å². The van der Waals surface area contributed by atoms with Gasteiger partial charge in [-0.05, 0) is 106 Å². The fourth-order valence-electron chi connectivity index (χ4n) is 7.63. The highest BCUT2D eigenvalue weighted by Gasteiger charge is 2.55. The Hall–Kier alpha value is -1.60. The number of hydrogen-bond donors (Lipinski definition) is 1. The molecule has 2 aliphatic carbocycles. The Kier molecular flexibility index (Phi) is 9.60. The van der Waals surface area contributed by atoms with Crippen LogP contribution in [-0.4, -0.2) is 70.9 Å². The molecule has 4 unspecified atom stereocenters. The Morgan fingerprint density at radius 3 is 2.30 bits per heavy atom. The molecule has 206 valence electrons. The van der Waals surface area contributed by atoms with Gasteiger partial charge >= 0.3 is 5.97 Å². The molecule has 2 fully saturated rings. The van der Waals surface area contributed by atoms with Crippen molar-refractivity contribution < 1.29 is 14.3 Å². The SMILES string of the molecule is CSCCC1(C(=O)O)N=CN(C2CCCCC2)C1C(C)C1CCC(C(c2ccc(F)cc2)N(C)C)CC1. The lowest BCUT2D eigenvalue weighted by Gasteiger charge is -2.47. The Bertz CT molecular complexity index is 912. The molecule has 0 bridgehead atoms. The van der Waals surface area contributed by atoms with Crippen molar-refractivity contribution in [1.82, 2.24) is 9.80 Å². The molecule has 0 aromatic heterocycles. The van der Waals surface area contributed by atoms with Crippen LogP contribution in [0.3, 0.4) is 0 Å². The Labute approximate surface area is 227 Å². The highest BCUT2D eigenvalue weighted by Crippen LogP contribution is 2.47. The largest absolute Gasteiger partial charge is 0.479 e. The van der Waals surface area contributed by atoms with E-state index in [2.05, 4.69) is 37.1 Å². The Balaban J connectivity index is 1.52. The second-order valence-electron chi connectivity index (χ2n) is 11.9. The van der Waals surface area contributed by atoms with E-state index in [0.717, 1.165) is 44.3 Å². The van der Waals surface area contributed by atoms with Crippen LogP contribution >= 0.6 is 11.8 Å². The second kappa shape index (κ2) is 12.5. The predicted molar refractivity (Wildman–Crippen MR) is 152 cm³/mol. The lowest BCUT2D eigenvalue weighted by molar-refractivity contribution is -0.146. The first-order chi connectivity index (χ1) is 17.8. The van der Waals surface area contributed by atoms with Crippen molar-refractivity contribution in [3.8, 4) is 0 Å². The van der Waals surface area contributed by atoms with Crippen molar-refractivity contribution in [2.24, 2.45) is 22.7 Å². The van der Waals surface area contributed by atoms with Gasteiger partial charge in [0.05, 0.1) is 12.4 Å². The van der Waals surface area contributed by atoms with Crippen molar-refractivity contribution in [2.75, 3.05) is 26.1 Å². The molecule has 5 nitrogen and oxygen atoms in total. The van der Waals surface area contributed by atoms with E-state index in [4.69, 9.17) is 4.99 Å². The number of carboxylic acid groups (broad SMARTS) is 1. The van der Waals surface area contributed by atoms with E-state index in [1.807, 2.05) is 18.5 Å². The van der Waals surface area contributed by atoms with E-state index < -0.39 is 11.5 Å². The zero-order chi connectivity index (χ0) is 26.6. The smallest absolute Gasteiger partial charge is 0.333 e. The fraction of sp³-hybridized carbons (Fsp3) is 0.733. The highest BCUT2D eigenvalue weighted by molar-refractivity contribution is 7.98. The van der Waals surface area contributed by atoms with Crippen LogP contribution < -0.4 is 0 Å². The first kappa shape index (κ1) is 28.4. The summed E-state index contributed by atoms with van der Waals surface area (Å²) in [6.45, 7) is 2.31. The Morgan fingerprint density at radius 2 is 1.73 bits per heavy atom. The lowest BCUT2D eigenvalue weighted by atomic mass is 9.67. The quantitative estimate of drug-likeness (QED) is 0.374. The van der Waals surface area contributed by atoms with E-state index in [1.54, 1.807) is 23.9 Å². The summed E-state index contributed by atoms with van der Waals surface area (Å²) in [7, 11) is 4.24. The summed E-state index contributed by atoms with van der Waals surface area (Å²) in [5.41, 5.74) is 0.134. The number of halogens is 1. The van der Waals surface area contributed by atoms with Crippen LogP contribution in [0.5, 0.6) is 0 Å². The van der Waals surface area contributed by atoms with Crippen LogP contribution in [0.15, 0.2) is 29.3 Å². The first-order valence-electron chi connectivity index (χ1n) is 14.3. The van der Waals surface area contributed by atoms with Gasteiger partial charge in [-0.2, -0.15) is 11.8 Å².